The van der Waals surface area contributed by atoms with Gasteiger partial charge in [-0.15, -0.1) is 0 Å². The molecule has 0 saturated heterocycles. The van der Waals surface area contributed by atoms with Crippen molar-refractivity contribution < 1.29 is 0 Å². The lowest BCUT2D eigenvalue weighted by atomic mass is 10.0. The smallest absolute Gasteiger partial charge is 0.0587 e. The fourth-order valence-corrected chi connectivity index (χ4v) is 2.99. The molecule has 1 aromatic heterocycles. The van der Waals surface area contributed by atoms with Gasteiger partial charge in [0.1, 0.15) is 0 Å². The van der Waals surface area contributed by atoms with Crippen LogP contribution in [0.4, 0.5) is 0 Å². The molecule has 2 heterocycles. The summed E-state index contributed by atoms with van der Waals surface area (Å²) < 4.78 is 1.20. The van der Waals surface area contributed by atoms with Crippen molar-refractivity contribution in [2.24, 2.45) is 0 Å². The Morgan fingerprint density at radius 1 is 1.17 bits per heavy atom. The Hall–Kier alpha value is -1.19. The van der Waals surface area contributed by atoms with Crippen molar-refractivity contribution in [3.05, 3.63) is 63.9 Å². The van der Waals surface area contributed by atoms with E-state index >= 15 is 0 Å². The lowest BCUT2D eigenvalue weighted by Gasteiger charge is -2.28. The highest BCUT2D eigenvalue weighted by Gasteiger charge is 2.18. The van der Waals surface area contributed by atoms with Crippen LogP contribution in [0, 0.1) is 0 Å². The lowest BCUT2D eigenvalue weighted by molar-refractivity contribution is 0.241. The third-order valence-electron chi connectivity index (χ3n) is 3.39. The second-order valence-corrected chi connectivity index (χ2v) is 5.52. The molecule has 0 spiro atoms. The third-order valence-corrected chi connectivity index (χ3v) is 4.13. The summed E-state index contributed by atoms with van der Waals surface area (Å²) >= 11 is 3.61. The first-order valence-electron chi connectivity index (χ1n) is 6.21. The number of nitrogens with zero attached hydrogens (tertiary/aromatic N) is 2. The molecule has 2 aromatic rings. The van der Waals surface area contributed by atoms with Gasteiger partial charge >= 0.3 is 0 Å². The van der Waals surface area contributed by atoms with Crippen LogP contribution in [0.5, 0.6) is 0 Å². The van der Waals surface area contributed by atoms with E-state index in [9.17, 15) is 0 Å². The fourth-order valence-electron chi connectivity index (χ4n) is 2.45. The molecule has 3 heteroatoms. The number of aromatic nitrogens is 1. The van der Waals surface area contributed by atoms with Crippen molar-refractivity contribution in [1.29, 1.82) is 0 Å². The Labute approximate surface area is 116 Å². The predicted molar refractivity (Wildman–Crippen MR) is 76.2 cm³/mol. The summed E-state index contributed by atoms with van der Waals surface area (Å²) in [5, 5.41) is 0. The van der Waals surface area contributed by atoms with Gasteiger partial charge in [-0.25, -0.2) is 0 Å². The summed E-state index contributed by atoms with van der Waals surface area (Å²) in [6.45, 7) is 3.06. The van der Waals surface area contributed by atoms with Crippen LogP contribution in [0.25, 0.3) is 0 Å². The van der Waals surface area contributed by atoms with Gasteiger partial charge in [0.2, 0.25) is 0 Å². The van der Waals surface area contributed by atoms with E-state index in [1.807, 2.05) is 12.3 Å². The van der Waals surface area contributed by atoms with Crippen LogP contribution in [-0.4, -0.2) is 16.4 Å². The van der Waals surface area contributed by atoms with Crippen LogP contribution < -0.4 is 0 Å². The number of benzene rings is 1. The van der Waals surface area contributed by atoms with Crippen molar-refractivity contribution in [2.75, 3.05) is 6.54 Å². The zero-order valence-electron chi connectivity index (χ0n) is 10.1. The minimum Gasteiger partial charge on any atom is -0.293 e. The van der Waals surface area contributed by atoms with Crippen molar-refractivity contribution in [1.82, 2.24) is 9.88 Å². The quantitative estimate of drug-likeness (QED) is 0.845. The molecule has 3 rings (SSSR count). The molecule has 0 amide bonds. The zero-order chi connectivity index (χ0) is 12.4. The zero-order valence-corrected chi connectivity index (χ0v) is 11.7. The molecule has 0 N–H and O–H groups in total. The van der Waals surface area contributed by atoms with Gasteiger partial charge in [-0.3, -0.25) is 9.88 Å². The summed E-state index contributed by atoms with van der Waals surface area (Å²) in [7, 11) is 0. The molecule has 0 bridgehead atoms. The van der Waals surface area contributed by atoms with Crippen LogP contribution in [0.1, 0.15) is 16.8 Å². The highest BCUT2D eigenvalue weighted by atomic mass is 79.9. The van der Waals surface area contributed by atoms with Gasteiger partial charge in [0.05, 0.1) is 5.69 Å². The number of halogens is 1. The molecule has 92 valence electrons. The molecule has 0 atom stereocenters. The topological polar surface area (TPSA) is 16.1 Å². The van der Waals surface area contributed by atoms with E-state index in [-0.39, 0.29) is 0 Å². The number of pyridine rings is 1. The van der Waals surface area contributed by atoms with Crippen molar-refractivity contribution in [3.63, 3.8) is 0 Å². The van der Waals surface area contributed by atoms with Crippen molar-refractivity contribution in [2.45, 2.75) is 19.5 Å². The van der Waals surface area contributed by atoms with E-state index in [1.54, 1.807) is 0 Å². The van der Waals surface area contributed by atoms with Gasteiger partial charge in [0.15, 0.2) is 0 Å². The summed E-state index contributed by atoms with van der Waals surface area (Å²) in [4.78, 5) is 6.96. The maximum absolute atomic E-state index is 4.50. The van der Waals surface area contributed by atoms with E-state index in [1.165, 1.54) is 21.3 Å². The Morgan fingerprint density at radius 3 is 2.83 bits per heavy atom. The Balaban J connectivity index is 1.76. The molecular formula is C15H15BrN2. The molecule has 0 fully saturated rings. The molecule has 1 aromatic carbocycles. The molecule has 0 unspecified atom stereocenters. The van der Waals surface area contributed by atoms with Crippen LogP contribution in [0.15, 0.2) is 47.1 Å². The first-order valence-corrected chi connectivity index (χ1v) is 7.01. The van der Waals surface area contributed by atoms with Gasteiger partial charge in [0.25, 0.3) is 0 Å². The maximum Gasteiger partial charge on any atom is 0.0587 e. The molecule has 2 nitrogen and oxygen atoms in total. The highest BCUT2D eigenvalue weighted by Crippen LogP contribution is 2.25. The normalized spacial score (nSPS) is 15.4. The average Bonchev–Trinajstić information content (AvgIpc) is 2.40. The van der Waals surface area contributed by atoms with E-state index in [2.05, 4.69) is 56.1 Å². The van der Waals surface area contributed by atoms with E-state index in [4.69, 9.17) is 0 Å². The monoisotopic (exact) mass is 302 g/mol. The first kappa shape index (κ1) is 11.9. The van der Waals surface area contributed by atoms with E-state index in [0.29, 0.717) is 0 Å². The number of rotatable bonds is 2. The first-order chi connectivity index (χ1) is 8.83. The molecule has 18 heavy (non-hydrogen) atoms. The minimum absolute atomic E-state index is 0.948. The molecule has 1 aliphatic heterocycles. The third kappa shape index (κ3) is 2.47. The van der Waals surface area contributed by atoms with Gasteiger partial charge in [-0.2, -0.15) is 0 Å². The van der Waals surface area contributed by atoms with E-state index in [0.717, 1.165) is 26.1 Å². The molecule has 0 radical (unpaired) electrons. The standard InChI is InChI=1S/C15H15BrN2/c16-14-6-8-17-15-11-18(9-7-13(14)15)10-12-4-2-1-3-5-12/h1-6,8H,7,9-11H2. The second kappa shape index (κ2) is 5.21. The van der Waals surface area contributed by atoms with Crippen LogP contribution >= 0.6 is 15.9 Å². The molecule has 1 aliphatic rings. The van der Waals surface area contributed by atoms with Gasteiger partial charge in [-0.1, -0.05) is 46.3 Å². The Morgan fingerprint density at radius 2 is 2.00 bits per heavy atom. The summed E-state index contributed by atoms with van der Waals surface area (Å²) in [6, 6.07) is 12.7. The molecular weight excluding hydrogens is 288 g/mol. The summed E-state index contributed by atoms with van der Waals surface area (Å²) in [5.74, 6) is 0. The maximum atomic E-state index is 4.50. The number of hydrogen-bond donors (Lipinski definition) is 0. The Kier molecular flexibility index (Phi) is 3.43. The Bertz CT molecular complexity index is 539. The van der Waals surface area contributed by atoms with Crippen LogP contribution in [0.3, 0.4) is 0 Å². The predicted octanol–water partition coefficient (Wildman–Crippen LogP) is 3.40. The van der Waals surface area contributed by atoms with Crippen molar-refractivity contribution >= 4 is 15.9 Å². The van der Waals surface area contributed by atoms with Gasteiger partial charge in [0, 0.05) is 30.3 Å². The number of hydrogen-bond acceptors (Lipinski definition) is 2. The summed E-state index contributed by atoms with van der Waals surface area (Å²) in [6.07, 6.45) is 2.96. The molecule has 0 saturated carbocycles. The van der Waals surface area contributed by atoms with Gasteiger partial charge < -0.3 is 0 Å². The number of fused-ring (bicyclic) bond motifs is 1. The van der Waals surface area contributed by atoms with E-state index < -0.39 is 0 Å². The SMILES string of the molecule is Brc1ccnc2c1CCN(Cc1ccccc1)C2. The largest absolute Gasteiger partial charge is 0.293 e. The lowest BCUT2D eigenvalue weighted by Crippen LogP contribution is -2.30. The molecule has 0 aliphatic carbocycles. The van der Waals surface area contributed by atoms with Crippen molar-refractivity contribution in [3.8, 4) is 0 Å². The summed E-state index contributed by atoms with van der Waals surface area (Å²) in [5.41, 5.74) is 3.96. The van der Waals surface area contributed by atoms with Gasteiger partial charge in [-0.05, 0) is 23.6 Å². The average molecular weight is 303 g/mol. The second-order valence-electron chi connectivity index (χ2n) is 4.66. The highest BCUT2D eigenvalue weighted by molar-refractivity contribution is 9.10. The minimum atomic E-state index is 0.948. The van der Waals surface area contributed by atoms with Crippen LogP contribution in [0.2, 0.25) is 0 Å². The fraction of sp³-hybridized carbons (Fsp3) is 0.267. The van der Waals surface area contributed by atoms with Crippen LogP contribution in [-0.2, 0) is 19.5 Å².